The van der Waals surface area contributed by atoms with E-state index in [1.807, 2.05) is 0 Å². The number of hydrogen-bond acceptors (Lipinski definition) is 6. The van der Waals surface area contributed by atoms with Gasteiger partial charge >= 0.3 is 0 Å². The standard InChI is InChI=1S/C30H23F5O6/c1-36-20-12-17(13-21(37-2)29(20)40-5)9-7-16(11-19-24(31)26(33)28(35)27(34)25(19)32)8-10-18-14-22(38-3)30(41-6)23(15-18)39-4/h11-15H,1-6H3. The number of hydrogen-bond donors (Lipinski definition) is 0. The van der Waals surface area contributed by atoms with E-state index in [9.17, 15) is 22.0 Å². The number of rotatable bonds is 7. The van der Waals surface area contributed by atoms with Gasteiger partial charge in [-0.25, -0.2) is 22.0 Å². The van der Waals surface area contributed by atoms with Gasteiger partial charge in [-0.3, -0.25) is 0 Å². The summed E-state index contributed by atoms with van der Waals surface area (Å²) in [6.45, 7) is 0. The summed E-state index contributed by atoms with van der Waals surface area (Å²) in [5.74, 6) is 1.76. The summed E-state index contributed by atoms with van der Waals surface area (Å²) < 4.78 is 102. The molecule has 0 radical (unpaired) electrons. The van der Waals surface area contributed by atoms with E-state index in [-0.39, 0.29) is 28.6 Å². The Labute approximate surface area is 233 Å². The zero-order chi connectivity index (χ0) is 30.3. The van der Waals surface area contributed by atoms with Crippen molar-refractivity contribution in [3.63, 3.8) is 0 Å². The van der Waals surface area contributed by atoms with E-state index in [1.165, 1.54) is 66.9 Å². The molecule has 0 N–H and O–H groups in total. The first-order chi connectivity index (χ1) is 19.6. The van der Waals surface area contributed by atoms with Crippen molar-refractivity contribution in [3.8, 4) is 58.2 Å². The SMILES string of the molecule is COc1cc(C#CC(C#Cc2cc(OC)c(OC)c(OC)c2)=Cc2c(F)c(F)c(F)c(F)c2F)cc(OC)c1OC. The van der Waals surface area contributed by atoms with Gasteiger partial charge in [-0.05, 0) is 30.3 Å². The van der Waals surface area contributed by atoms with Crippen LogP contribution in [0.4, 0.5) is 22.0 Å². The van der Waals surface area contributed by atoms with Gasteiger partial charge in [0.15, 0.2) is 46.3 Å². The average molecular weight is 574 g/mol. The fourth-order valence-corrected chi connectivity index (χ4v) is 3.58. The number of halogens is 5. The van der Waals surface area contributed by atoms with Gasteiger partial charge in [0.1, 0.15) is 0 Å². The van der Waals surface area contributed by atoms with Crippen molar-refractivity contribution in [3.05, 3.63) is 75.6 Å². The topological polar surface area (TPSA) is 55.4 Å². The van der Waals surface area contributed by atoms with Crippen LogP contribution in [0, 0.1) is 52.8 Å². The summed E-state index contributed by atoms with van der Waals surface area (Å²) in [7, 11) is 8.40. The molecule has 41 heavy (non-hydrogen) atoms. The molecule has 11 heteroatoms. The molecule has 0 saturated carbocycles. The van der Waals surface area contributed by atoms with E-state index in [1.54, 1.807) is 0 Å². The second kappa shape index (κ2) is 13.4. The van der Waals surface area contributed by atoms with E-state index in [2.05, 4.69) is 23.7 Å². The van der Waals surface area contributed by atoms with Crippen LogP contribution >= 0.6 is 0 Å². The van der Waals surface area contributed by atoms with Gasteiger partial charge in [0.25, 0.3) is 0 Å². The molecule has 0 atom stereocenters. The molecule has 0 heterocycles. The van der Waals surface area contributed by atoms with Crippen LogP contribution in [0.3, 0.4) is 0 Å². The van der Waals surface area contributed by atoms with Crippen molar-refractivity contribution in [2.75, 3.05) is 42.7 Å². The van der Waals surface area contributed by atoms with Crippen LogP contribution in [0.2, 0.25) is 0 Å². The molecule has 0 aliphatic heterocycles. The predicted molar refractivity (Wildman–Crippen MR) is 140 cm³/mol. The van der Waals surface area contributed by atoms with E-state index < -0.39 is 34.6 Å². The quantitative estimate of drug-likeness (QED) is 0.151. The van der Waals surface area contributed by atoms with Gasteiger partial charge in [-0.1, -0.05) is 23.7 Å². The molecule has 0 aliphatic carbocycles. The van der Waals surface area contributed by atoms with Gasteiger partial charge in [0, 0.05) is 11.1 Å². The highest BCUT2D eigenvalue weighted by Gasteiger charge is 2.24. The third kappa shape index (κ3) is 6.42. The number of ether oxygens (including phenoxy) is 6. The monoisotopic (exact) mass is 574 g/mol. The lowest BCUT2D eigenvalue weighted by Crippen LogP contribution is -2.04. The summed E-state index contributed by atoms with van der Waals surface area (Å²) >= 11 is 0. The molecule has 3 aromatic rings. The average Bonchev–Trinajstić information content (AvgIpc) is 3.00. The summed E-state index contributed by atoms with van der Waals surface area (Å²) in [6, 6.07) is 5.99. The Morgan fingerprint density at radius 3 is 1.12 bits per heavy atom. The highest BCUT2D eigenvalue weighted by atomic mass is 19.2. The Balaban J connectivity index is 2.26. The van der Waals surface area contributed by atoms with Crippen LogP contribution in [0.15, 0.2) is 29.8 Å². The van der Waals surface area contributed by atoms with Crippen LogP contribution in [0.5, 0.6) is 34.5 Å². The summed E-state index contributed by atoms with van der Waals surface area (Å²) in [6.07, 6.45) is 0.659. The zero-order valence-corrected chi connectivity index (χ0v) is 22.7. The normalized spacial score (nSPS) is 9.93. The van der Waals surface area contributed by atoms with Crippen molar-refractivity contribution < 1.29 is 50.4 Å². The van der Waals surface area contributed by atoms with Gasteiger partial charge in [-0.15, -0.1) is 0 Å². The predicted octanol–water partition coefficient (Wildman–Crippen LogP) is 5.92. The lowest BCUT2D eigenvalue weighted by atomic mass is 10.1. The number of methoxy groups -OCH3 is 6. The Morgan fingerprint density at radius 2 is 0.829 bits per heavy atom. The Kier molecular flexibility index (Phi) is 9.94. The first-order valence-corrected chi connectivity index (χ1v) is 11.5. The first kappa shape index (κ1) is 30.5. The lowest BCUT2D eigenvalue weighted by molar-refractivity contribution is 0.324. The van der Waals surface area contributed by atoms with Crippen molar-refractivity contribution in [1.29, 1.82) is 0 Å². The van der Waals surface area contributed by atoms with Crippen LogP contribution in [-0.4, -0.2) is 42.7 Å². The minimum Gasteiger partial charge on any atom is -0.493 e. The van der Waals surface area contributed by atoms with Crippen molar-refractivity contribution in [2.45, 2.75) is 0 Å². The lowest BCUT2D eigenvalue weighted by Gasteiger charge is -2.12. The maximum absolute atomic E-state index is 14.5. The number of allylic oxidation sites excluding steroid dienone is 1. The maximum Gasteiger partial charge on any atom is 0.203 e. The van der Waals surface area contributed by atoms with Crippen LogP contribution in [0.1, 0.15) is 16.7 Å². The molecule has 0 fully saturated rings. The molecule has 0 unspecified atom stereocenters. The second-order valence-corrected chi connectivity index (χ2v) is 7.87. The van der Waals surface area contributed by atoms with Crippen molar-refractivity contribution in [1.82, 2.24) is 0 Å². The Hall–Kier alpha value is -5.03. The molecule has 0 saturated heterocycles. The van der Waals surface area contributed by atoms with Gasteiger partial charge in [0.2, 0.25) is 17.3 Å². The van der Waals surface area contributed by atoms with E-state index >= 15 is 0 Å². The molecule has 0 aliphatic rings. The van der Waals surface area contributed by atoms with E-state index in [0.29, 0.717) is 28.7 Å². The molecular formula is C30H23F5O6. The molecule has 3 rings (SSSR count). The Bertz CT molecular complexity index is 1460. The smallest absolute Gasteiger partial charge is 0.203 e. The summed E-state index contributed by atoms with van der Waals surface area (Å²) in [5, 5.41) is 0. The maximum atomic E-state index is 14.5. The third-order valence-electron chi connectivity index (χ3n) is 5.54. The largest absolute Gasteiger partial charge is 0.493 e. The van der Waals surface area contributed by atoms with Gasteiger partial charge in [-0.2, -0.15) is 0 Å². The van der Waals surface area contributed by atoms with Crippen LogP contribution in [0.25, 0.3) is 6.08 Å². The summed E-state index contributed by atoms with van der Waals surface area (Å²) in [4.78, 5) is 0. The molecule has 6 nitrogen and oxygen atoms in total. The van der Waals surface area contributed by atoms with Gasteiger partial charge in [0.05, 0.1) is 53.8 Å². The molecule has 0 aromatic heterocycles. The molecular weight excluding hydrogens is 551 g/mol. The molecule has 3 aromatic carbocycles. The third-order valence-corrected chi connectivity index (χ3v) is 5.54. The van der Waals surface area contributed by atoms with Crippen LogP contribution in [-0.2, 0) is 0 Å². The Morgan fingerprint density at radius 1 is 0.512 bits per heavy atom. The van der Waals surface area contributed by atoms with Crippen LogP contribution < -0.4 is 28.4 Å². The van der Waals surface area contributed by atoms with E-state index in [0.717, 1.165) is 0 Å². The molecule has 0 amide bonds. The fourth-order valence-electron chi connectivity index (χ4n) is 3.58. The fraction of sp³-hybridized carbons (Fsp3) is 0.200. The zero-order valence-electron chi connectivity index (χ0n) is 22.7. The second-order valence-electron chi connectivity index (χ2n) is 7.87. The molecule has 214 valence electrons. The van der Waals surface area contributed by atoms with Gasteiger partial charge < -0.3 is 28.4 Å². The van der Waals surface area contributed by atoms with Crippen molar-refractivity contribution >= 4 is 6.08 Å². The van der Waals surface area contributed by atoms with E-state index in [4.69, 9.17) is 28.4 Å². The first-order valence-electron chi connectivity index (χ1n) is 11.5. The minimum atomic E-state index is -2.29. The summed E-state index contributed by atoms with van der Waals surface area (Å²) in [5.41, 5.74) is -0.903. The molecule has 0 spiro atoms. The minimum absolute atomic E-state index is 0.268. The molecule has 0 bridgehead atoms. The van der Waals surface area contributed by atoms with Crippen molar-refractivity contribution in [2.24, 2.45) is 0 Å². The number of benzene rings is 3. The highest BCUT2D eigenvalue weighted by Crippen LogP contribution is 2.39. The highest BCUT2D eigenvalue weighted by molar-refractivity contribution is 5.69.